The maximum absolute atomic E-state index is 9.63. The van der Waals surface area contributed by atoms with E-state index in [1.165, 1.54) is 5.56 Å². The summed E-state index contributed by atoms with van der Waals surface area (Å²) in [4.78, 5) is 0. The number of rotatable bonds is 2. The Bertz CT molecular complexity index is 991. The monoisotopic (exact) mass is 327 g/mol. The van der Waals surface area contributed by atoms with Crippen LogP contribution in [0.25, 0.3) is 11.3 Å². The van der Waals surface area contributed by atoms with Crippen LogP contribution in [0, 0.1) is 18.3 Å². The summed E-state index contributed by atoms with van der Waals surface area (Å²) in [5.74, 6) is 1.15. The maximum atomic E-state index is 9.63. The van der Waals surface area contributed by atoms with Gasteiger partial charge in [0.2, 0.25) is 0 Å². The Labute approximate surface area is 146 Å². The summed E-state index contributed by atoms with van der Waals surface area (Å²) in [6.45, 7) is 2.04. The second-order valence-electron chi connectivity index (χ2n) is 6.10. The van der Waals surface area contributed by atoms with Gasteiger partial charge in [-0.3, -0.25) is 0 Å². The zero-order valence-electron chi connectivity index (χ0n) is 13.8. The molecule has 0 saturated carbocycles. The Morgan fingerprint density at radius 3 is 2.52 bits per heavy atom. The number of nitrogens with one attached hydrogen (secondary N) is 1. The third-order valence-electron chi connectivity index (χ3n) is 4.39. The van der Waals surface area contributed by atoms with Gasteiger partial charge >= 0.3 is 0 Å². The Morgan fingerprint density at radius 2 is 1.84 bits per heavy atom. The first kappa shape index (κ1) is 15.0. The topological polar surface area (TPSA) is 79.7 Å². The minimum Gasteiger partial charge on any atom is -0.384 e. The molecule has 2 aromatic carbocycles. The third kappa shape index (κ3) is 2.54. The zero-order chi connectivity index (χ0) is 17.4. The molecule has 5 nitrogen and oxygen atoms in total. The van der Waals surface area contributed by atoms with E-state index in [-0.39, 0.29) is 6.04 Å². The molecule has 2 heterocycles. The normalized spacial score (nSPS) is 16.1. The fourth-order valence-electron chi connectivity index (χ4n) is 3.09. The molecule has 122 valence electrons. The van der Waals surface area contributed by atoms with Gasteiger partial charge in [0.1, 0.15) is 23.7 Å². The van der Waals surface area contributed by atoms with Gasteiger partial charge in [-0.2, -0.15) is 10.4 Å². The minimum atomic E-state index is -0.334. The standard InChI is InChI=1S/C20H17N5/c1-13-7-9-15(10-8-13)19-16(12-21)20(22)23-18-11-17(24-25(18)19)14-5-3-2-4-6-14/h2-11,19,23H,22H2,1H3. The molecule has 0 amide bonds. The van der Waals surface area contributed by atoms with E-state index in [1.807, 2.05) is 72.3 Å². The van der Waals surface area contributed by atoms with E-state index in [0.717, 1.165) is 22.6 Å². The predicted molar refractivity (Wildman–Crippen MR) is 97.4 cm³/mol. The molecule has 5 heteroatoms. The molecule has 1 atom stereocenters. The summed E-state index contributed by atoms with van der Waals surface area (Å²) in [6, 6.07) is 21.9. The molecule has 1 unspecified atom stereocenters. The number of nitrogens with zero attached hydrogens (tertiary/aromatic N) is 3. The summed E-state index contributed by atoms with van der Waals surface area (Å²) < 4.78 is 1.84. The van der Waals surface area contributed by atoms with Gasteiger partial charge in [-0.25, -0.2) is 4.68 Å². The number of nitriles is 1. The highest BCUT2D eigenvalue weighted by Crippen LogP contribution is 2.36. The lowest BCUT2D eigenvalue weighted by molar-refractivity contribution is 0.588. The number of benzene rings is 2. The van der Waals surface area contributed by atoms with E-state index in [4.69, 9.17) is 10.8 Å². The van der Waals surface area contributed by atoms with Crippen LogP contribution in [-0.4, -0.2) is 9.78 Å². The first-order valence-corrected chi connectivity index (χ1v) is 8.05. The van der Waals surface area contributed by atoms with E-state index in [1.54, 1.807) is 0 Å². The van der Waals surface area contributed by atoms with Crippen molar-refractivity contribution in [2.75, 3.05) is 5.32 Å². The summed E-state index contributed by atoms with van der Waals surface area (Å²) in [5, 5.41) is 17.5. The first-order valence-electron chi connectivity index (χ1n) is 8.05. The van der Waals surface area contributed by atoms with Crippen LogP contribution in [0.5, 0.6) is 0 Å². The molecule has 25 heavy (non-hydrogen) atoms. The lowest BCUT2D eigenvalue weighted by atomic mass is 9.97. The third-order valence-corrected chi connectivity index (χ3v) is 4.39. The Morgan fingerprint density at radius 1 is 1.12 bits per heavy atom. The highest BCUT2D eigenvalue weighted by atomic mass is 15.4. The number of aromatic nitrogens is 2. The van der Waals surface area contributed by atoms with Crippen LogP contribution in [0.2, 0.25) is 0 Å². The number of allylic oxidation sites excluding steroid dienone is 1. The van der Waals surface area contributed by atoms with Crippen LogP contribution in [0.15, 0.2) is 72.1 Å². The molecule has 1 aromatic heterocycles. The number of hydrogen-bond acceptors (Lipinski definition) is 4. The van der Waals surface area contributed by atoms with Crippen LogP contribution < -0.4 is 11.1 Å². The summed E-state index contributed by atoms with van der Waals surface area (Å²) in [5.41, 5.74) is 10.6. The van der Waals surface area contributed by atoms with E-state index in [0.29, 0.717) is 11.4 Å². The summed E-state index contributed by atoms with van der Waals surface area (Å²) in [6.07, 6.45) is 0. The Hall–Kier alpha value is -3.52. The van der Waals surface area contributed by atoms with Crippen molar-refractivity contribution >= 4 is 5.82 Å². The van der Waals surface area contributed by atoms with Gasteiger partial charge in [-0.15, -0.1) is 0 Å². The van der Waals surface area contributed by atoms with Gasteiger partial charge in [0.05, 0.1) is 11.3 Å². The number of fused-ring (bicyclic) bond motifs is 1. The number of nitrogens with two attached hydrogens (primary N) is 1. The van der Waals surface area contributed by atoms with Gasteiger partial charge in [0, 0.05) is 11.6 Å². The molecule has 4 rings (SSSR count). The fraction of sp³-hybridized carbons (Fsp3) is 0.100. The lowest BCUT2D eigenvalue weighted by Crippen LogP contribution is -2.28. The second-order valence-corrected chi connectivity index (χ2v) is 6.10. The largest absolute Gasteiger partial charge is 0.384 e. The van der Waals surface area contributed by atoms with Crippen LogP contribution >= 0.6 is 0 Å². The van der Waals surface area contributed by atoms with Gasteiger partial charge in [-0.05, 0) is 12.5 Å². The molecule has 0 spiro atoms. The lowest BCUT2D eigenvalue weighted by Gasteiger charge is -2.26. The number of aryl methyl sites for hydroxylation is 1. The molecule has 1 aliphatic rings. The quantitative estimate of drug-likeness (QED) is 0.754. The van der Waals surface area contributed by atoms with E-state index in [2.05, 4.69) is 11.4 Å². The molecular formula is C20H17N5. The summed E-state index contributed by atoms with van der Waals surface area (Å²) in [7, 11) is 0. The van der Waals surface area contributed by atoms with E-state index >= 15 is 0 Å². The first-order chi connectivity index (χ1) is 12.2. The number of hydrogen-bond donors (Lipinski definition) is 2. The average Bonchev–Trinajstić information content (AvgIpc) is 3.05. The van der Waals surface area contributed by atoms with Crippen LogP contribution in [0.3, 0.4) is 0 Å². The van der Waals surface area contributed by atoms with Gasteiger partial charge in [-0.1, -0.05) is 60.2 Å². The van der Waals surface area contributed by atoms with Crippen molar-refractivity contribution in [3.63, 3.8) is 0 Å². The van der Waals surface area contributed by atoms with Gasteiger partial charge in [0.25, 0.3) is 0 Å². The molecule has 0 fully saturated rings. The second kappa shape index (κ2) is 5.84. The van der Waals surface area contributed by atoms with Crippen molar-refractivity contribution in [2.45, 2.75) is 13.0 Å². The smallest absolute Gasteiger partial charge is 0.131 e. The molecule has 3 N–H and O–H groups in total. The molecule has 1 aliphatic heterocycles. The van der Waals surface area contributed by atoms with Crippen molar-refractivity contribution in [2.24, 2.45) is 5.73 Å². The van der Waals surface area contributed by atoms with E-state index in [9.17, 15) is 5.26 Å². The summed E-state index contributed by atoms with van der Waals surface area (Å²) >= 11 is 0. The highest BCUT2D eigenvalue weighted by molar-refractivity contribution is 5.66. The Kier molecular flexibility index (Phi) is 3.51. The predicted octanol–water partition coefficient (Wildman–Crippen LogP) is 3.57. The molecule has 0 saturated heterocycles. The highest BCUT2D eigenvalue weighted by Gasteiger charge is 2.30. The van der Waals surface area contributed by atoms with Crippen molar-refractivity contribution in [3.8, 4) is 17.3 Å². The van der Waals surface area contributed by atoms with Crippen molar-refractivity contribution in [3.05, 3.63) is 83.2 Å². The van der Waals surface area contributed by atoms with Crippen LogP contribution in [0.1, 0.15) is 17.2 Å². The van der Waals surface area contributed by atoms with Crippen molar-refractivity contribution in [1.82, 2.24) is 9.78 Å². The van der Waals surface area contributed by atoms with Gasteiger partial charge < -0.3 is 11.1 Å². The number of anilines is 1. The maximum Gasteiger partial charge on any atom is 0.131 e. The van der Waals surface area contributed by atoms with E-state index < -0.39 is 0 Å². The molecule has 0 radical (unpaired) electrons. The zero-order valence-corrected chi connectivity index (χ0v) is 13.8. The molecule has 0 bridgehead atoms. The molecular weight excluding hydrogens is 310 g/mol. The Balaban J connectivity index is 1.87. The van der Waals surface area contributed by atoms with Gasteiger partial charge in [0.15, 0.2) is 0 Å². The molecule has 3 aromatic rings. The van der Waals surface area contributed by atoms with Crippen molar-refractivity contribution < 1.29 is 0 Å². The average molecular weight is 327 g/mol. The molecule has 0 aliphatic carbocycles. The van der Waals surface area contributed by atoms with Crippen molar-refractivity contribution in [1.29, 1.82) is 5.26 Å². The SMILES string of the molecule is Cc1ccc(C2C(C#N)=C(N)Nc3cc(-c4ccccc4)nn32)cc1. The van der Waals surface area contributed by atoms with Crippen LogP contribution in [-0.2, 0) is 0 Å². The van der Waals surface area contributed by atoms with Crippen LogP contribution in [0.4, 0.5) is 5.82 Å². The fourth-order valence-corrected chi connectivity index (χ4v) is 3.09. The minimum absolute atomic E-state index is 0.334.